The number of pyridine rings is 2. The normalized spacial score (nSPS) is 17.1. The molecule has 0 saturated carbocycles. The SMILES string of the molecule is COc1cc2c(c3c1OC(C)(C)C3)C(c1ccc(=O)n(-c3cc(C(N)=O)ccn3)c1)=NC(C)(C)C2. The minimum atomic E-state index is -0.586. The number of benzene rings is 1. The molecule has 2 N–H and O–H groups in total. The van der Waals surface area contributed by atoms with Gasteiger partial charge in [-0.1, -0.05) is 0 Å². The number of nitrogens with two attached hydrogens (primary N) is 1. The van der Waals surface area contributed by atoms with Crippen LogP contribution in [0.3, 0.4) is 0 Å². The topological polar surface area (TPSA) is 109 Å². The molecule has 1 aromatic carbocycles. The number of fused-ring (bicyclic) bond motifs is 3. The predicted molar refractivity (Wildman–Crippen MR) is 133 cm³/mol. The lowest BCUT2D eigenvalue weighted by Gasteiger charge is -2.31. The van der Waals surface area contributed by atoms with Crippen LogP contribution in [0.15, 0.2) is 52.5 Å². The van der Waals surface area contributed by atoms with Gasteiger partial charge < -0.3 is 15.2 Å². The number of ether oxygens (including phenoxy) is 2. The van der Waals surface area contributed by atoms with Gasteiger partial charge in [0.05, 0.1) is 18.4 Å². The van der Waals surface area contributed by atoms with E-state index in [9.17, 15) is 9.59 Å². The van der Waals surface area contributed by atoms with Gasteiger partial charge in [0, 0.05) is 47.1 Å². The molecule has 0 atom stereocenters. The van der Waals surface area contributed by atoms with Crippen molar-refractivity contribution < 1.29 is 14.3 Å². The van der Waals surface area contributed by atoms with Gasteiger partial charge in [-0.25, -0.2) is 4.98 Å². The lowest BCUT2D eigenvalue weighted by atomic mass is 9.81. The highest BCUT2D eigenvalue weighted by Crippen LogP contribution is 2.47. The summed E-state index contributed by atoms with van der Waals surface area (Å²) >= 11 is 0. The fraction of sp³-hybridized carbons (Fsp3) is 0.333. The summed E-state index contributed by atoms with van der Waals surface area (Å²) in [4.78, 5) is 33.9. The van der Waals surface area contributed by atoms with E-state index in [1.807, 2.05) is 6.07 Å². The molecule has 0 spiro atoms. The maximum atomic E-state index is 12.8. The summed E-state index contributed by atoms with van der Waals surface area (Å²) < 4.78 is 13.4. The molecular weight excluding hydrogens is 444 g/mol. The van der Waals surface area contributed by atoms with Crippen molar-refractivity contribution in [3.63, 3.8) is 0 Å². The Bertz CT molecular complexity index is 1470. The maximum absolute atomic E-state index is 12.8. The smallest absolute Gasteiger partial charge is 0.256 e. The highest BCUT2D eigenvalue weighted by molar-refractivity contribution is 6.16. The molecule has 8 heteroatoms. The highest BCUT2D eigenvalue weighted by atomic mass is 16.5. The summed E-state index contributed by atoms with van der Waals surface area (Å²) in [6.07, 6.45) is 4.64. The van der Waals surface area contributed by atoms with Crippen molar-refractivity contribution >= 4 is 11.6 Å². The molecular formula is C27H28N4O4. The number of rotatable bonds is 4. The molecule has 0 saturated heterocycles. The quantitative estimate of drug-likeness (QED) is 0.627. The second-order valence-corrected chi connectivity index (χ2v) is 10.3. The van der Waals surface area contributed by atoms with Crippen LogP contribution in [-0.4, -0.2) is 39.4 Å². The fourth-order valence-electron chi connectivity index (χ4n) is 4.94. The van der Waals surface area contributed by atoms with E-state index < -0.39 is 5.91 Å². The number of hydrogen-bond donors (Lipinski definition) is 1. The molecule has 8 nitrogen and oxygen atoms in total. The molecule has 2 aromatic heterocycles. The summed E-state index contributed by atoms with van der Waals surface area (Å²) in [7, 11) is 1.66. The number of aliphatic imine (C=N–C) groups is 1. The van der Waals surface area contributed by atoms with Crippen molar-refractivity contribution in [2.75, 3.05) is 7.11 Å². The molecule has 35 heavy (non-hydrogen) atoms. The Kier molecular flexibility index (Phi) is 5.09. The third kappa shape index (κ3) is 3.99. The van der Waals surface area contributed by atoms with Crippen molar-refractivity contribution in [3.8, 4) is 17.3 Å². The first-order valence-electron chi connectivity index (χ1n) is 11.5. The van der Waals surface area contributed by atoms with Crippen LogP contribution in [0.4, 0.5) is 0 Å². The van der Waals surface area contributed by atoms with Crippen LogP contribution >= 0.6 is 0 Å². The number of nitrogens with zero attached hydrogens (tertiary/aromatic N) is 3. The number of methoxy groups -OCH3 is 1. The van der Waals surface area contributed by atoms with E-state index in [0.29, 0.717) is 12.2 Å². The van der Waals surface area contributed by atoms with Crippen molar-refractivity contribution in [1.82, 2.24) is 9.55 Å². The zero-order valence-electron chi connectivity index (χ0n) is 20.5. The fourth-order valence-corrected chi connectivity index (χ4v) is 4.94. The summed E-state index contributed by atoms with van der Waals surface area (Å²) in [6.45, 7) is 8.29. The highest BCUT2D eigenvalue weighted by Gasteiger charge is 2.39. The molecule has 4 heterocycles. The van der Waals surface area contributed by atoms with Crippen LogP contribution in [0.5, 0.6) is 11.5 Å². The van der Waals surface area contributed by atoms with Gasteiger partial charge in [0.25, 0.3) is 5.56 Å². The number of amides is 1. The molecule has 0 fully saturated rings. The van der Waals surface area contributed by atoms with E-state index >= 15 is 0 Å². The Morgan fingerprint density at radius 3 is 2.63 bits per heavy atom. The Balaban J connectivity index is 1.72. The molecule has 3 aromatic rings. The molecule has 0 bridgehead atoms. The third-order valence-corrected chi connectivity index (χ3v) is 6.36. The summed E-state index contributed by atoms with van der Waals surface area (Å²) in [6, 6.07) is 8.33. The van der Waals surface area contributed by atoms with Crippen molar-refractivity contribution in [2.24, 2.45) is 10.7 Å². The van der Waals surface area contributed by atoms with Gasteiger partial charge in [-0.2, -0.15) is 0 Å². The van der Waals surface area contributed by atoms with E-state index in [-0.39, 0.29) is 22.3 Å². The number of carbonyl (C=O) groups excluding carboxylic acids is 1. The summed E-state index contributed by atoms with van der Waals surface area (Å²) in [5, 5.41) is 0. The minimum absolute atomic E-state index is 0.275. The van der Waals surface area contributed by atoms with Gasteiger partial charge >= 0.3 is 0 Å². The van der Waals surface area contributed by atoms with Crippen LogP contribution in [0, 0.1) is 0 Å². The second kappa shape index (κ2) is 7.80. The summed E-state index contributed by atoms with van der Waals surface area (Å²) in [5.41, 5.74) is 9.46. The van der Waals surface area contributed by atoms with E-state index in [2.05, 4.69) is 32.7 Å². The zero-order valence-corrected chi connectivity index (χ0v) is 20.5. The average Bonchev–Trinajstić information content (AvgIpc) is 3.12. The molecule has 0 unspecified atom stereocenters. The maximum Gasteiger partial charge on any atom is 0.256 e. The summed E-state index contributed by atoms with van der Waals surface area (Å²) in [5.74, 6) is 1.19. The number of carbonyl (C=O) groups is 1. The Labute approximate surface area is 203 Å². The first-order chi connectivity index (χ1) is 16.5. The van der Waals surface area contributed by atoms with Gasteiger partial charge in [-0.05, 0) is 63.9 Å². The van der Waals surface area contributed by atoms with Gasteiger partial charge in [0.2, 0.25) is 5.91 Å². The van der Waals surface area contributed by atoms with Gasteiger partial charge in [-0.15, -0.1) is 0 Å². The Morgan fingerprint density at radius 1 is 1.14 bits per heavy atom. The standard InChI is InChI=1S/C27H28N4O4/c1-26(2)12-17-10-19(34-5)24-18(13-27(3,4)35-24)22(17)23(30-26)16-6-7-21(32)31(14-16)20-11-15(25(28)33)8-9-29-20/h6-11,14H,12-13H2,1-5H3,(H2,28,33). The van der Waals surface area contributed by atoms with Gasteiger partial charge in [0.1, 0.15) is 11.4 Å². The van der Waals surface area contributed by atoms with E-state index in [0.717, 1.165) is 45.9 Å². The number of hydrogen-bond acceptors (Lipinski definition) is 6. The van der Waals surface area contributed by atoms with Crippen LogP contribution in [-0.2, 0) is 12.8 Å². The molecule has 0 radical (unpaired) electrons. The Hall–Kier alpha value is -3.94. The van der Waals surface area contributed by atoms with E-state index in [1.165, 1.54) is 29.0 Å². The van der Waals surface area contributed by atoms with Gasteiger partial charge in [0.15, 0.2) is 11.5 Å². The molecule has 2 aliphatic rings. The van der Waals surface area contributed by atoms with Crippen molar-refractivity contribution in [1.29, 1.82) is 0 Å². The van der Waals surface area contributed by atoms with Crippen molar-refractivity contribution in [3.05, 3.63) is 80.9 Å². The third-order valence-electron chi connectivity index (χ3n) is 6.36. The monoisotopic (exact) mass is 472 g/mol. The molecule has 2 aliphatic heterocycles. The van der Waals surface area contributed by atoms with Crippen molar-refractivity contribution in [2.45, 2.75) is 51.7 Å². The van der Waals surface area contributed by atoms with Crippen LogP contribution in [0.25, 0.3) is 5.82 Å². The average molecular weight is 473 g/mol. The van der Waals surface area contributed by atoms with Crippen LogP contribution in [0.2, 0.25) is 0 Å². The molecule has 5 rings (SSSR count). The second-order valence-electron chi connectivity index (χ2n) is 10.3. The lowest BCUT2D eigenvalue weighted by molar-refractivity contribution is 0.1000. The largest absolute Gasteiger partial charge is 0.493 e. The van der Waals surface area contributed by atoms with Crippen LogP contribution < -0.4 is 20.8 Å². The molecule has 1 amide bonds. The first-order valence-corrected chi connectivity index (χ1v) is 11.5. The zero-order chi connectivity index (χ0) is 25.1. The lowest BCUT2D eigenvalue weighted by Crippen LogP contribution is -2.31. The minimum Gasteiger partial charge on any atom is -0.493 e. The predicted octanol–water partition coefficient (Wildman–Crippen LogP) is 3.23. The van der Waals surface area contributed by atoms with E-state index in [1.54, 1.807) is 19.4 Å². The molecule has 0 aliphatic carbocycles. The van der Waals surface area contributed by atoms with Crippen LogP contribution in [0.1, 0.15) is 60.3 Å². The number of aromatic nitrogens is 2. The van der Waals surface area contributed by atoms with Gasteiger partial charge in [-0.3, -0.25) is 19.1 Å². The first kappa shape index (κ1) is 22.8. The number of primary amides is 1. The molecule has 180 valence electrons. The van der Waals surface area contributed by atoms with E-state index in [4.69, 9.17) is 20.2 Å². The Morgan fingerprint density at radius 2 is 1.91 bits per heavy atom.